The highest BCUT2D eigenvalue weighted by Gasteiger charge is 2.44. The number of fused-ring (bicyclic) bond motifs is 3. The molecule has 6 aliphatic heterocycles. The van der Waals surface area contributed by atoms with Crippen molar-refractivity contribution in [3.05, 3.63) is 77.9 Å². The number of anilines is 5. The smallest absolute Gasteiger partial charge is 0.328 e. The second-order valence-electron chi connectivity index (χ2n) is 20.3. The minimum Gasteiger partial charge on any atom is -0.507 e. The number of aromatic hydroxyl groups is 1. The van der Waals surface area contributed by atoms with Gasteiger partial charge in [0, 0.05) is 107 Å². The second-order valence-corrected chi connectivity index (χ2v) is 20.3. The van der Waals surface area contributed by atoms with Crippen LogP contribution in [0.2, 0.25) is 0 Å². The maximum Gasteiger partial charge on any atom is 0.328 e. The highest BCUT2D eigenvalue weighted by Crippen LogP contribution is 2.46. The first-order valence-corrected chi connectivity index (χ1v) is 24.7. The van der Waals surface area contributed by atoms with E-state index in [4.69, 9.17) is 20.2 Å². The molecule has 7 fully saturated rings. The zero-order valence-electron chi connectivity index (χ0n) is 38.7. The van der Waals surface area contributed by atoms with Crippen LogP contribution in [0.5, 0.6) is 5.75 Å². The van der Waals surface area contributed by atoms with Gasteiger partial charge in [0.2, 0.25) is 5.91 Å². The number of nitrogens with two attached hydrogens (primary N) is 1. The number of para-hydroxylation sites is 1. The fourth-order valence-electron chi connectivity index (χ4n) is 12.0. The number of aryl methyl sites for hydroxylation is 1. The van der Waals surface area contributed by atoms with Crippen molar-refractivity contribution >= 4 is 51.5 Å². The summed E-state index contributed by atoms with van der Waals surface area (Å²) in [6.45, 7) is 9.33. The number of benzene rings is 2. The summed E-state index contributed by atoms with van der Waals surface area (Å²) >= 11 is 0. The molecule has 12 rings (SSSR count). The van der Waals surface area contributed by atoms with E-state index in [1.807, 2.05) is 43.3 Å². The summed E-state index contributed by atoms with van der Waals surface area (Å²) in [5.74, 6) is 0.607. The molecule has 2 unspecified atom stereocenters. The lowest BCUT2D eigenvalue weighted by molar-refractivity contribution is -0.295. The SMILES string of the molecule is Cc1cccc(-c2cc(N3CC4CCC(C3)N4c3ccc(F)c(N4CCC(CN5CCC6(CC5)OCC(n5cc(C7CC7)c7cc(N8CCC(=O)NC8=O)cnc75)CO6)CC4)c3)c(N)nn2)c1O. The van der Waals surface area contributed by atoms with Gasteiger partial charge in [0.15, 0.2) is 11.6 Å². The molecule has 3 aromatic heterocycles. The number of pyridine rings is 1. The summed E-state index contributed by atoms with van der Waals surface area (Å²) in [7, 11) is 0. The number of phenolic OH excluding ortho intramolecular Hbond substituents is 1. The van der Waals surface area contributed by atoms with E-state index in [1.54, 1.807) is 17.2 Å². The predicted molar refractivity (Wildman–Crippen MR) is 258 cm³/mol. The molecule has 16 nitrogen and oxygen atoms in total. The lowest BCUT2D eigenvalue weighted by Crippen LogP contribution is -2.54. The number of carbonyl (C=O) groups is 2. The Bertz CT molecular complexity index is 2740. The molecule has 68 heavy (non-hydrogen) atoms. The molecule has 1 spiro atoms. The van der Waals surface area contributed by atoms with Gasteiger partial charge in [-0.15, -0.1) is 10.2 Å². The maximum absolute atomic E-state index is 15.7. The van der Waals surface area contributed by atoms with Crippen molar-refractivity contribution in [3.8, 4) is 17.0 Å². The fourth-order valence-corrected chi connectivity index (χ4v) is 12.0. The zero-order valence-corrected chi connectivity index (χ0v) is 38.7. The van der Waals surface area contributed by atoms with Crippen molar-refractivity contribution in [3.63, 3.8) is 0 Å². The highest BCUT2D eigenvalue weighted by atomic mass is 19.1. The van der Waals surface area contributed by atoms with E-state index in [0.717, 1.165) is 125 Å². The first kappa shape index (κ1) is 43.3. The van der Waals surface area contributed by atoms with E-state index in [1.165, 1.54) is 5.56 Å². The molecule has 1 saturated carbocycles. The Kier molecular flexibility index (Phi) is 10.9. The summed E-state index contributed by atoms with van der Waals surface area (Å²) in [6, 6.07) is 15.4. The molecule has 3 amide bonds. The molecular formula is C51H60FN11O5. The Hall–Kier alpha value is -6.04. The number of aromatic nitrogens is 4. The van der Waals surface area contributed by atoms with Crippen molar-refractivity contribution in [1.29, 1.82) is 0 Å². The predicted octanol–water partition coefficient (Wildman–Crippen LogP) is 6.71. The molecule has 5 aromatic rings. The van der Waals surface area contributed by atoms with E-state index in [-0.39, 0.29) is 42.0 Å². The molecule has 17 heteroatoms. The number of carbonyl (C=O) groups excluding carboxylic acids is 2. The number of rotatable bonds is 9. The molecule has 2 atom stereocenters. The average molecular weight is 926 g/mol. The quantitative estimate of drug-likeness (QED) is 0.143. The molecule has 9 heterocycles. The van der Waals surface area contributed by atoms with Crippen molar-refractivity contribution in [2.75, 3.05) is 90.9 Å². The number of likely N-dealkylation sites (tertiary alicyclic amines) is 1. The van der Waals surface area contributed by atoms with Gasteiger partial charge in [0.1, 0.15) is 17.2 Å². The van der Waals surface area contributed by atoms with Crippen LogP contribution in [0.1, 0.15) is 80.9 Å². The third-order valence-electron chi connectivity index (χ3n) is 16.0. The third kappa shape index (κ3) is 7.95. The number of piperidine rings is 2. The molecule has 6 saturated heterocycles. The van der Waals surface area contributed by atoms with Crippen molar-refractivity contribution in [2.24, 2.45) is 5.92 Å². The van der Waals surface area contributed by atoms with Gasteiger partial charge in [-0.1, -0.05) is 12.1 Å². The minimum absolute atomic E-state index is 0.00882. The van der Waals surface area contributed by atoms with Crippen LogP contribution in [-0.2, 0) is 14.3 Å². The van der Waals surface area contributed by atoms with E-state index in [0.29, 0.717) is 60.0 Å². The number of hydrogen-bond donors (Lipinski definition) is 3. The first-order valence-electron chi connectivity index (χ1n) is 24.7. The van der Waals surface area contributed by atoms with Crippen LogP contribution in [0.4, 0.5) is 37.8 Å². The van der Waals surface area contributed by atoms with Crippen molar-refractivity contribution < 1.29 is 28.6 Å². The van der Waals surface area contributed by atoms with Crippen LogP contribution in [0.15, 0.2) is 60.9 Å². The van der Waals surface area contributed by atoms with Crippen molar-refractivity contribution in [2.45, 2.75) is 94.5 Å². The molecule has 7 aliphatic rings. The summed E-state index contributed by atoms with van der Waals surface area (Å²) in [4.78, 5) is 40.5. The maximum atomic E-state index is 15.7. The Morgan fingerprint density at radius 3 is 2.35 bits per heavy atom. The van der Waals surface area contributed by atoms with Gasteiger partial charge in [0.05, 0.1) is 48.2 Å². The van der Waals surface area contributed by atoms with Gasteiger partial charge in [-0.3, -0.25) is 15.0 Å². The van der Waals surface area contributed by atoms with Gasteiger partial charge in [-0.05, 0) is 105 Å². The lowest BCUT2D eigenvalue weighted by Gasteiger charge is -2.46. The molecule has 356 valence electrons. The third-order valence-corrected chi connectivity index (χ3v) is 16.0. The van der Waals surface area contributed by atoms with E-state index < -0.39 is 11.8 Å². The van der Waals surface area contributed by atoms with Crippen LogP contribution in [0.3, 0.4) is 0 Å². The van der Waals surface area contributed by atoms with Crippen LogP contribution in [-0.4, -0.2) is 125 Å². The topological polar surface area (TPSA) is 171 Å². The number of ether oxygens (including phenoxy) is 2. The fraction of sp³-hybridized carbons (Fsp3) is 0.510. The normalized spacial score (nSPS) is 23.9. The highest BCUT2D eigenvalue weighted by molar-refractivity contribution is 6.06. The Balaban J connectivity index is 0.638. The molecule has 1 aliphatic carbocycles. The van der Waals surface area contributed by atoms with E-state index in [9.17, 15) is 14.7 Å². The van der Waals surface area contributed by atoms with Crippen LogP contribution in [0.25, 0.3) is 22.3 Å². The monoisotopic (exact) mass is 925 g/mol. The molecule has 2 aromatic carbocycles. The largest absolute Gasteiger partial charge is 0.507 e. The number of nitrogens with one attached hydrogen (secondary N) is 1. The molecule has 2 bridgehead atoms. The molecule has 4 N–H and O–H groups in total. The Morgan fingerprint density at radius 2 is 1.62 bits per heavy atom. The number of amides is 3. The lowest BCUT2D eigenvalue weighted by atomic mass is 9.94. The Labute approximate surface area is 395 Å². The van der Waals surface area contributed by atoms with Gasteiger partial charge < -0.3 is 44.5 Å². The van der Waals surface area contributed by atoms with Gasteiger partial charge in [0.25, 0.3) is 0 Å². The number of halogens is 1. The number of nitrogens with zero attached hydrogens (tertiary/aromatic N) is 9. The van der Waals surface area contributed by atoms with Gasteiger partial charge in [-0.25, -0.2) is 14.2 Å². The number of piperazine rings is 1. The average Bonchev–Trinajstić information content (AvgIpc) is 4.07. The van der Waals surface area contributed by atoms with Gasteiger partial charge >= 0.3 is 6.03 Å². The van der Waals surface area contributed by atoms with Crippen LogP contribution >= 0.6 is 0 Å². The van der Waals surface area contributed by atoms with Crippen molar-refractivity contribution in [1.82, 2.24) is 30.0 Å². The van der Waals surface area contributed by atoms with Crippen LogP contribution in [0, 0.1) is 18.7 Å². The second kappa shape index (κ2) is 17.2. The first-order chi connectivity index (χ1) is 33.1. The van der Waals surface area contributed by atoms with E-state index in [2.05, 4.69) is 51.9 Å². The number of urea groups is 1. The molecule has 0 radical (unpaired) electrons. The Morgan fingerprint density at radius 1 is 0.853 bits per heavy atom. The number of hydrogen-bond acceptors (Lipinski definition) is 13. The summed E-state index contributed by atoms with van der Waals surface area (Å²) in [6.07, 6.45) is 12.3. The molecular weight excluding hydrogens is 866 g/mol. The van der Waals surface area contributed by atoms with Gasteiger partial charge in [-0.2, -0.15) is 0 Å². The van der Waals surface area contributed by atoms with Crippen LogP contribution < -0.4 is 30.7 Å². The number of imide groups is 1. The summed E-state index contributed by atoms with van der Waals surface area (Å²) in [5, 5.41) is 22.9. The standard InChI is InChI=1S/C51H60FN11O5/c1-31-3-2-4-39(47(31)65)43-23-45(48(53)57-56-43)60-26-35-7-8-36(27-60)63(35)34-9-10-42(52)44(22-34)59-16-11-32(12-17-59)25-58-19-14-51(15-20-58)67-29-38(30-68-51)62-28-41(33-5-6-33)40-21-37(24-54-49(40)62)61-18-13-46(64)55-50(61)66/h2-4,9-10,21-24,28,32-33,35-36,38,65H,5-8,11-20,25-27,29-30H2,1H3,(H2,53,57)(H,55,64,66). The minimum atomic E-state index is -0.577. The zero-order chi connectivity index (χ0) is 46.3. The summed E-state index contributed by atoms with van der Waals surface area (Å²) < 4.78 is 31.2. The van der Waals surface area contributed by atoms with E-state index >= 15 is 4.39 Å². The summed E-state index contributed by atoms with van der Waals surface area (Å²) in [5.41, 5.74) is 13.9. The number of nitrogen functional groups attached to an aromatic ring is 1. The number of phenols is 1.